The van der Waals surface area contributed by atoms with E-state index in [-0.39, 0.29) is 5.04 Å². The minimum atomic E-state index is -1.62. The molecule has 0 atom stereocenters. The van der Waals surface area contributed by atoms with Crippen LogP contribution in [0.1, 0.15) is 20.8 Å². The van der Waals surface area contributed by atoms with Crippen LogP contribution >= 0.6 is 0 Å². The van der Waals surface area contributed by atoms with E-state index in [4.69, 9.17) is 9.69 Å². The van der Waals surface area contributed by atoms with E-state index in [1.54, 1.807) is 6.08 Å². The van der Waals surface area contributed by atoms with Crippen LogP contribution in [0.4, 0.5) is 0 Å². The minimum Gasteiger partial charge on any atom is -0.413 e. The number of hydrogen-bond acceptors (Lipinski definition) is 2. The molecule has 0 rings (SSSR count). The lowest BCUT2D eigenvalue weighted by atomic mass is 10.2. The van der Waals surface area contributed by atoms with Crippen LogP contribution in [0.2, 0.25) is 18.1 Å². The summed E-state index contributed by atoms with van der Waals surface area (Å²) in [6.45, 7) is 11.6. The van der Waals surface area contributed by atoms with Crippen LogP contribution in [-0.4, -0.2) is 14.9 Å². The first-order valence-corrected chi connectivity index (χ1v) is 7.40. The predicted molar refractivity (Wildman–Crippen MR) is 57.9 cm³/mol. The maximum atomic E-state index is 8.27. The fourth-order valence-electron chi connectivity index (χ4n) is 0.574. The Morgan fingerprint density at radius 1 is 1.38 bits per heavy atom. The van der Waals surface area contributed by atoms with Crippen molar-refractivity contribution in [1.82, 2.24) is 0 Å². The number of rotatable bonds is 3. The average Bonchev–Trinajstić information content (AvgIpc) is 1.96. The Kier molecular flexibility index (Phi) is 4.38. The van der Waals surface area contributed by atoms with Crippen LogP contribution in [0, 0.1) is 11.3 Å². The smallest absolute Gasteiger partial charge is 0.192 e. The summed E-state index contributed by atoms with van der Waals surface area (Å²) in [5, 5.41) is 8.52. The summed E-state index contributed by atoms with van der Waals surface area (Å²) in [7, 11) is -1.62. The van der Waals surface area contributed by atoms with Crippen LogP contribution < -0.4 is 0 Å². The molecule has 0 saturated carbocycles. The van der Waals surface area contributed by atoms with Gasteiger partial charge in [-0.1, -0.05) is 20.8 Å². The first kappa shape index (κ1) is 12.4. The second kappa shape index (κ2) is 4.59. The van der Waals surface area contributed by atoms with Crippen molar-refractivity contribution in [3.63, 3.8) is 0 Å². The topological polar surface area (TPSA) is 33.0 Å². The van der Waals surface area contributed by atoms with E-state index in [9.17, 15) is 0 Å². The quantitative estimate of drug-likeness (QED) is 0.514. The SMILES string of the molecule is CC(C)(C)[Si](C)(C)OC/C=C\C#N. The van der Waals surface area contributed by atoms with Gasteiger partial charge in [0.15, 0.2) is 8.32 Å². The third-order valence-corrected chi connectivity index (χ3v) is 7.04. The summed E-state index contributed by atoms with van der Waals surface area (Å²) < 4.78 is 5.80. The van der Waals surface area contributed by atoms with E-state index in [1.807, 2.05) is 6.07 Å². The van der Waals surface area contributed by atoms with Crippen LogP contribution in [0.5, 0.6) is 0 Å². The largest absolute Gasteiger partial charge is 0.413 e. The number of nitrogens with zero attached hydrogens (tertiary/aromatic N) is 1. The predicted octanol–water partition coefficient (Wildman–Crippen LogP) is 3.09. The Hall–Kier alpha value is -0.593. The van der Waals surface area contributed by atoms with E-state index in [1.165, 1.54) is 6.08 Å². The normalized spacial score (nSPS) is 13.2. The summed E-state index contributed by atoms with van der Waals surface area (Å²) in [4.78, 5) is 0. The van der Waals surface area contributed by atoms with E-state index in [0.717, 1.165) is 0 Å². The van der Waals surface area contributed by atoms with Gasteiger partial charge in [-0.05, 0) is 24.2 Å². The van der Waals surface area contributed by atoms with Crippen molar-refractivity contribution in [2.45, 2.75) is 38.9 Å². The van der Waals surface area contributed by atoms with Gasteiger partial charge in [-0.2, -0.15) is 5.26 Å². The number of nitriles is 1. The highest BCUT2D eigenvalue weighted by molar-refractivity contribution is 6.74. The molecule has 0 saturated heterocycles. The first-order valence-electron chi connectivity index (χ1n) is 4.50. The highest BCUT2D eigenvalue weighted by atomic mass is 28.4. The molecule has 0 aliphatic heterocycles. The van der Waals surface area contributed by atoms with Gasteiger partial charge in [0.1, 0.15) is 0 Å². The Morgan fingerprint density at radius 2 is 1.92 bits per heavy atom. The minimum absolute atomic E-state index is 0.244. The van der Waals surface area contributed by atoms with Gasteiger partial charge < -0.3 is 4.43 Å². The van der Waals surface area contributed by atoms with Crippen LogP contribution in [0.25, 0.3) is 0 Å². The second-order valence-electron chi connectivity index (χ2n) is 4.60. The molecular weight excluding hydrogens is 178 g/mol. The molecule has 0 aliphatic rings. The van der Waals surface area contributed by atoms with Gasteiger partial charge in [0.05, 0.1) is 12.7 Å². The molecule has 0 unspecified atom stereocenters. The van der Waals surface area contributed by atoms with E-state index in [2.05, 4.69) is 33.9 Å². The molecule has 0 bridgehead atoms. The molecule has 0 heterocycles. The van der Waals surface area contributed by atoms with Gasteiger partial charge in [0.2, 0.25) is 0 Å². The van der Waals surface area contributed by atoms with Crippen molar-refractivity contribution in [1.29, 1.82) is 5.26 Å². The van der Waals surface area contributed by atoms with Gasteiger partial charge >= 0.3 is 0 Å². The highest BCUT2D eigenvalue weighted by Gasteiger charge is 2.36. The van der Waals surface area contributed by atoms with E-state index >= 15 is 0 Å². The van der Waals surface area contributed by atoms with Gasteiger partial charge in [-0.15, -0.1) is 0 Å². The fraction of sp³-hybridized carbons (Fsp3) is 0.700. The lowest BCUT2D eigenvalue weighted by Crippen LogP contribution is -2.40. The van der Waals surface area contributed by atoms with Crippen LogP contribution in [0.15, 0.2) is 12.2 Å². The van der Waals surface area contributed by atoms with Crippen molar-refractivity contribution in [3.05, 3.63) is 12.2 Å². The summed E-state index contributed by atoms with van der Waals surface area (Å²) in [6, 6.07) is 1.95. The van der Waals surface area contributed by atoms with E-state index in [0.29, 0.717) is 6.61 Å². The standard InChI is InChI=1S/C10H19NOSi/c1-10(2,3)13(4,5)12-9-7-6-8-11/h6-7H,9H2,1-5H3/b7-6-. The molecule has 0 aromatic carbocycles. The van der Waals surface area contributed by atoms with E-state index < -0.39 is 8.32 Å². The molecular formula is C10H19NOSi. The molecule has 0 fully saturated rings. The fourth-order valence-corrected chi connectivity index (χ4v) is 1.52. The first-order chi connectivity index (χ1) is 5.81. The monoisotopic (exact) mass is 197 g/mol. The molecule has 74 valence electrons. The summed E-state index contributed by atoms with van der Waals surface area (Å²) in [5.41, 5.74) is 0. The van der Waals surface area contributed by atoms with Crippen LogP contribution in [-0.2, 0) is 4.43 Å². The summed E-state index contributed by atoms with van der Waals surface area (Å²) >= 11 is 0. The maximum absolute atomic E-state index is 8.27. The van der Waals surface area contributed by atoms with Crippen molar-refractivity contribution >= 4 is 8.32 Å². The van der Waals surface area contributed by atoms with Crippen molar-refractivity contribution in [2.75, 3.05) is 6.61 Å². The number of allylic oxidation sites excluding steroid dienone is 1. The van der Waals surface area contributed by atoms with Crippen molar-refractivity contribution in [3.8, 4) is 6.07 Å². The molecule has 0 amide bonds. The highest BCUT2D eigenvalue weighted by Crippen LogP contribution is 2.36. The molecule has 13 heavy (non-hydrogen) atoms. The maximum Gasteiger partial charge on any atom is 0.192 e. The summed E-state index contributed by atoms with van der Waals surface area (Å²) in [5.74, 6) is 0. The molecule has 3 heteroatoms. The third-order valence-electron chi connectivity index (χ3n) is 2.54. The third kappa shape index (κ3) is 4.25. The molecule has 0 aliphatic carbocycles. The Labute approximate surface area is 82.3 Å². The molecule has 2 nitrogen and oxygen atoms in total. The average molecular weight is 197 g/mol. The zero-order valence-corrected chi connectivity index (χ0v) is 10.2. The molecule has 0 spiro atoms. The Balaban J connectivity index is 4.06. The van der Waals surface area contributed by atoms with Crippen LogP contribution in [0.3, 0.4) is 0 Å². The van der Waals surface area contributed by atoms with Gasteiger partial charge in [0, 0.05) is 6.08 Å². The molecule has 0 radical (unpaired) electrons. The molecule has 0 aromatic rings. The lowest BCUT2D eigenvalue weighted by molar-refractivity contribution is 0.328. The number of hydrogen-bond donors (Lipinski definition) is 0. The Bertz CT molecular complexity index is 220. The molecule has 0 N–H and O–H groups in total. The second-order valence-corrected chi connectivity index (χ2v) is 9.41. The summed E-state index contributed by atoms with van der Waals surface area (Å²) in [6.07, 6.45) is 3.23. The van der Waals surface area contributed by atoms with Gasteiger partial charge in [0.25, 0.3) is 0 Å². The Morgan fingerprint density at radius 3 is 2.31 bits per heavy atom. The van der Waals surface area contributed by atoms with Gasteiger partial charge in [-0.25, -0.2) is 0 Å². The van der Waals surface area contributed by atoms with Gasteiger partial charge in [-0.3, -0.25) is 0 Å². The zero-order valence-electron chi connectivity index (χ0n) is 9.22. The molecule has 0 aromatic heterocycles. The lowest BCUT2D eigenvalue weighted by Gasteiger charge is -2.35. The van der Waals surface area contributed by atoms with Crippen molar-refractivity contribution in [2.24, 2.45) is 0 Å². The zero-order chi connectivity index (χ0) is 10.5. The van der Waals surface area contributed by atoms with Crippen molar-refractivity contribution < 1.29 is 4.43 Å².